The third-order valence-corrected chi connectivity index (χ3v) is 4.71. The molecule has 188 valence electrons. The monoisotopic (exact) mass is 479 g/mol. The first kappa shape index (κ1) is 27.1. The van der Waals surface area contributed by atoms with Crippen molar-refractivity contribution in [1.82, 2.24) is 5.48 Å². The summed E-state index contributed by atoms with van der Waals surface area (Å²) in [5.41, 5.74) is 2.86. The molecule has 10 heteroatoms. The molecule has 34 heavy (non-hydrogen) atoms. The first-order valence-corrected chi connectivity index (χ1v) is 11.1. The molecule has 1 aliphatic rings. The van der Waals surface area contributed by atoms with Crippen molar-refractivity contribution in [3.05, 3.63) is 46.9 Å². The molecule has 2 unspecified atom stereocenters. The Kier molecular flexibility index (Phi) is 9.88. The van der Waals surface area contributed by atoms with Crippen molar-refractivity contribution in [3.8, 4) is 0 Å². The van der Waals surface area contributed by atoms with Crippen molar-refractivity contribution in [3.63, 3.8) is 0 Å². The number of hydrogen-bond acceptors (Lipinski definition) is 9. The highest BCUT2D eigenvalue weighted by Gasteiger charge is 2.27. The van der Waals surface area contributed by atoms with E-state index in [2.05, 4.69) is 5.48 Å². The molecule has 1 aromatic carbocycles. The molecule has 0 bridgehead atoms. The van der Waals surface area contributed by atoms with E-state index in [0.29, 0.717) is 17.7 Å². The molecule has 1 amide bonds. The van der Waals surface area contributed by atoms with Crippen LogP contribution in [0.25, 0.3) is 0 Å². The van der Waals surface area contributed by atoms with Crippen LogP contribution >= 0.6 is 0 Å². The summed E-state index contributed by atoms with van der Waals surface area (Å²) in [6.07, 6.45) is 0.577. The first-order valence-electron chi connectivity index (χ1n) is 11.1. The van der Waals surface area contributed by atoms with E-state index in [-0.39, 0.29) is 31.8 Å². The van der Waals surface area contributed by atoms with Gasteiger partial charge in [0.15, 0.2) is 5.76 Å². The van der Waals surface area contributed by atoms with Crippen LogP contribution in [0.15, 0.2) is 35.8 Å². The van der Waals surface area contributed by atoms with Crippen LogP contribution in [0.4, 0.5) is 0 Å². The zero-order chi connectivity index (χ0) is 25.3. The van der Waals surface area contributed by atoms with Crippen LogP contribution in [0.5, 0.6) is 0 Å². The highest BCUT2D eigenvalue weighted by Crippen LogP contribution is 2.21. The van der Waals surface area contributed by atoms with E-state index in [1.165, 1.54) is 0 Å². The number of carbonyl (C=O) groups is 3. The summed E-state index contributed by atoms with van der Waals surface area (Å²) in [5, 5.41) is 9.25. The van der Waals surface area contributed by atoms with Crippen molar-refractivity contribution in [1.29, 1.82) is 0 Å². The van der Waals surface area contributed by atoms with Crippen molar-refractivity contribution in [2.24, 2.45) is 5.92 Å². The Labute approximate surface area is 199 Å². The molecular formula is C24H33NO9. The van der Waals surface area contributed by atoms with Gasteiger partial charge in [-0.3, -0.25) is 14.4 Å². The van der Waals surface area contributed by atoms with Crippen LogP contribution in [-0.4, -0.2) is 48.2 Å². The number of benzene rings is 1. The Hall–Kier alpha value is -3.11. The van der Waals surface area contributed by atoms with Crippen molar-refractivity contribution < 1.29 is 43.3 Å². The summed E-state index contributed by atoms with van der Waals surface area (Å²) in [5.74, 6) is -1.20. The van der Waals surface area contributed by atoms with Crippen molar-refractivity contribution in [2.75, 3.05) is 13.2 Å². The van der Waals surface area contributed by atoms with E-state index in [1.54, 1.807) is 58.9 Å². The number of nitrogens with one attached hydrogen (secondary N) is 1. The third-order valence-electron chi connectivity index (χ3n) is 4.71. The Morgan fingerprint density at radius 1 is 1.15 bits per heavy atom. The summed E-state index contributed by atoms with van der Waals surface area (Å²) < 4.78 is 20.4. The Morgan fingerprint density at radius 3 is 2.38 bits per heavy atom. The van der Waals surface area contributed by atoms with Gasteiger partial charge >= 0.3 is 18.4 Å². The minimum atomic E-state index is -1.38. The van der Waals surface area contributed by atoms with Crippen LogP contribution in [0, 0.1) is 5.92 Å². The summed E-state index contributed by atoms with van der Waals surface area (Å²) in [7, 11) is 0. The van der Waals surface area contributed by atoms with Gasteiger partial charge in [-0.1, -0.05) is 12.1 Å². The molecule has 2 rings (SSSR count). The fraction of sp³-hybridized carbons (Fsp3) is 0.542. The van der Waals surface area contributed by atoms with E-state index in [4.69, 9.17) is 23.8 Å². The summed E-state index contributed by atoms with van der Waals surface area (Å²) >= 11 is 0. The molecule has 0 aliphatic carbocycles. The topological polar surface area (TPSA) is 130 Å². The van der Waals surface area contributed by atoms with Gasteiger partial charge in [0.2, 0.25) is 5.91 Å². The van der Waals surface area contributed by atoms with Crippen LogP contribution < -0.4 is 5.48 Å². The van der Waals surface area contributed by atoms with Gasteiger partial charge in [-0.05, 0) is 65.2 Å². The summed E-state index contributed by atoms with van der Waals surface area (Å²) in [6, 6.07) is 6.78. The van der Waals surface area contributed by atoms with E-state index >= 15 is 0 Å². The number of esters is 2. The van der Waals surface area contributed by atoms with E-state index in [0.717, 1.165) is 5.56 Å². The minimum Gasteiger partial charge on any atom is -0.462 e. The van der Waals surface area contributed by atoms with Gasteiger partial charge in [0, 0.05) is 6.42 Å². The van der Waals surface area contributed by atoms with Gasteiger partial charge in [0.25, 0.3) is 0 Å². The molecule has 0 aromatic heterocycles. The number of aliphatic hydroxyl groups is 1. The van der Waals surface area contributed by atoms with Gasteiger partial charge in [-0.15, -0.1) is 0 Å². The number of amides is 1. The quantitative estimate of drug-likeness (QED) is 0.363. The maximum absolute atomic E-state index is 12.8. The zero-order valence-electron chi connectivity index (χ0n) is 20.2. The Morgan fingerprint density at radius 2 is 1.82 bits per heavy atom. The number of allylic oxidation sites excluding steroid dienone is 1. The van der Waals surface area contributed by atoms with Crippen molar-refractivity contribution in [2.45, 2.75) is 66.0 Å². The number of aliphatic hydroxyl groups excluding tert-OH is 1. The average Bonchev–Trinajstić information content (AvgIpc) is 3.07. The van der Waals surface area contributed by atoms with Crippen LogP contribution in [0.1, 0.15) is 63.4 Å². The van der Waals surface area contributed by atoms with E-state index in [9.17, 15) is 19.5 Å². The highest BCUT2D eigenvalue weighted by atomic mass is 16.8. The predicted octanol–water partition coefficient (Wildman–Crippen LogP) is 2.75. The lowest BCUT2D eigenvalue weighted by atomic mass is 9.94. The molecular weight excluding hydrogens is 446 g/mol. The lowest BCUT2D eigenvalue weighted by molar-refractivity contribution is -0.195. The summed E-state index contributed by atoms with van der Waals surface area (Å²) in [4.78, 5) is 42.0. The smallest absolute Gasteiger partial charge is 0.358 e. The highest BCUT2D eigenvalue weighted by molar-refractivity contribution is 5.89. The lowest BCUT2D eigenvalue weighted by Crippen LogP contribution is -2.31. The average molecular weight is 480 g/mol. The fourth-order valence-corrected chi connectivity index (χ4v) is 3.08. The lowest BCUT2D eigenvalue weighted by Gasteiger charge is -2.24. The predicted molar refractivity (Wildman–Crippen MR) is 120 cm³/mol. The maximum Gasteiger partial charge on any atom is 0.358 e. The van der Waals surface area contributed by atoms with Crippen molar-refractivity contribution >= 4 is 17.8 Å². The van der Waals surface area contributed by atoms with Crippen LogP contribution in [-0.2, 0) is 39.8 Å². The molecule has 2 N–H and O–H groups in total. The normalized spacial score (nSPS) is 16.4. The van der Waals surface area contributed by atoms with Crippen LogP contribution in [0.3, 0.4) is 0 Å². The van der Waals surface area contributed by atoms with Crippen LogP contribution in [0.2, 0.25) is 0 Å². The van der Waals surface area contributed by atoms with Gasteiger partial charge in [-0.25, -0.2) is 10.3 Å². The molecule has 1 heterocycles. The maximum atomic E-state index is 12.8. The van der Waals surface area contributed by atoms with Gasteiger partial charge < -0.3 is 24.1 Å². The van der Waals surface area contributed by atoms with E-state index in [1.807, 2.05) is 0 Å². The minimum absolute atomic E-state index is 0.0167. The molecule has 0 spiro atoms. The van der Waals surface area contributed by atoms with Gasteiger partial charge in [0.05, 0.1) is 18.1 Å². The molecule has 0 saturated carbocycles. The fourth-order valence-electron chi connectivity index (χ4n) is 3.08. The number of hydroxylamine groups is 1. The molecule has 1 aromatic rings. The Balaban J connectivity index is 1.93. The van der Waals surface area contributed by atoms with Gasteiger partial charge in [0.1, 0.15) is 18.0 Å². The molecule has 0 radical (unpaired) electrons. The molecule has 2 atom stereocenters. The molecule has 0 saturated heterocycles. The largest absolute Gasteiger partial charge is 0.462 e. The SMILES string of the molecule is CCOC(=O)c1ccc(CC(CCC(=O)NOCC2=C(C)OC(O)O2)C(=O)OC(C)(C)C)cc1. The molecule has 0 fully saturated rings. The number of ether oxygens (including phenoxy) is 4. The second-order valence-corrected chi connectivity index (χ2v) is 8.73. The number of carbonyl (C=O) groups excluding carboxylic acids is 3. The third kappa shape index (κ3) is 9.03. The second-order valence-electron chi connectivity index (χ2n) is 8.73. The molecule has 10 nitrogen and oxygen atoms in total. The van der Waals surface area contributed by atoms with E-state index < -0.39 is 35.8 Å². The number of rotatable bonds is 11. The first-order chi connectivity index (χ1) is 16.0. The zero-order valence-corrected chi connectivity index (χ0v) is 20.2. The standard InChI is InChI=1S/C24H33NO9/c1-6-30-21(27)17-9-7-16(8-10-17)13-18(22(28)34-24(3,4)5)11-12-20(26)25-31-14-19-15(2)32-23(29)33-19/h7-10,18,23,29H,6,11-14H2,1-5H3,(H,25,26). The second kappa shape index (κ2) is 12.4. The number of hydrogen-bond donors (Lipinski definition) is 2. The summed E-state index contributed by atoms with van der Waals surface area (Å²) in [6.45, 7) is 7.46. The Bertz CT molecular complexity index is 887. The molecule has 1 aliphatic heterocycles. The van der Waals surface area contributed by atoms with Gasteiger partial charge in [-0.2, -0.15) is 0 Å².